The molecule has 0 aromatic heterocycles. The summed E-state index contributed by atoms with van der Waals surface area (Å²) in [5.41, 5.74) is 1.26. The predicted molar refractivity (Wildman–Crippen MR) is 161 cm³/mol. The number of hydrogen-bond donors (Lipinski definition) is 1. The maximum absolute atomic E-state index is 15.4. The van der Waals surface area contributed by atoms with Crippen molar-refractivity contribution < 1.29 is 46.1 Å². The summed E-state index contributed by atoms with van der Waals surface area (Å²) < 4.78 is 82.3. The molecule has 1 heterocycles. The van der Waals surface area contributed by atoms with Crippen LogP contribution in [0.5, 0.6) is 5.75 Å². The van der Waals surface area contributed by atoms with Gasteiger partial charge in [-0.15, -0.1) is 0 Å². The molecule has 0 unspecified atom stereocenters. The molecule has 244 valence electrons. The molecule has 6 nitrogen and oxygen atoms in total. The molecule has 1 N–H and O–H groups in total. The number of benzene rings is 3. The highest BCUT2D eigenvalue weighted by atomic mass is 19.4. The fourth-order valence-electron chi connectivity index (χ4n) is 6.43. The van der Waals surface area contributed by atoms with Gasteiger partial charge in [-0.2, -0.15) is 13.2 Å². The minimum Gasteiger partial charge on any atom is -0.496 e. The number of carbonyl (C=O) groups is 2. The minimum absolute atomic E-state index is 0.0872. The van der Waals surface area contributed by atoms with E-state index in [1.807, 2.05) is 0 Å². The summed E-state index contributed by atoms with van der Waals surface area (Å²) in [5, 5.41) is 9.23. The van der Waals surface area contributed by atoms with Gasteiger partial charge in [0.05, 0.1) is 24.3 Å². The molecule has 0 spiro atoms. The Bertz CT molecular complexity index is 1750. The SMILES string of the molecule is COc1cc(F)c(-c2ccc(C(=O)O)cc2F)cc1C1=C(CN2C(=O)O[C@H](c3cc(C)cc(C(F)(F)F)c3)[C@@H]2C)CC(C)(C)CC1. The first-order valence-electron chi connectivity index (χ1n) is 14.8. The van der Waals surface area contributed by atoms with E-state index in [1.54, 1.807) is 19.9 Å². The Morgan fingerprint density at radius 1 is 1.04 bits per heavy atom. The van der Waals surface area contributed by atoms with Crippen molar-refractivity contribution in [1.29, 1.82) is 0 Å². The third-order valence-corrected chi connectivity index (χ3v) is 8.80. The lowest BCUT2D eigenvalue weighted by atomic mass is 9.72. The Balaban J connectivity index is 1.56. The van der Waals surface area contributed by atoms with Gasteiger partial charge in [-0.25, -0.2) is 18.4 Å². The fourth-order valence-corrected chi connectivity index (χ4v) is 6.43. The summed E-state index contributed by atoms with van der Waals surface area (Å²) in [6.45, 7) is 7.53. The number of amides is 1. The van der Waals surface area contributed by atoms with Crippen molar-refractivity contribution in [1.82, 2.24) is 4.90 Å². The van der Waals surface area contributed by atoms with Crippen molar-refractivity contribution in [3.05, 3.63) is 93.6 Å². The largest absolute Gasteiger partial charge is 0.496 e. The van der Waals surface area contributed by atoms with Gasteiger partial charge in [0.25, 0.3) is 0 Å². The number of carboxylic acid groups (broad SMARTS) is 1. The van der Waals surface area contributed by atoms with Gasteiger partial charge in [0, 0.05) is 29.3 Å². The number of alkyl halides is 3. The molecular formula is C35H34F5NO5. The van der Waals surface area contributed by atoms with Gasteiger partial charge >= 0.3 is 18.2 Å². The predicted octanol–water partition coefficient (Wildman–Crippen LogP) is 9.21. The first-order valence-corrected chi connectivity index (χ1v) is 14.8. The zero-order valence-electron chi connectivity index (χ0n) is 26.0. The Labute approximate surface area is 263 Å². The number of nitrogens with zero attached hydrogens (tertiary/aromatic N) is 1. The lowest BCUT2D eigenvalue weighted by Gasteiger charge is -2.36. The van der Waals surface area contributed by atoms with Crippen molar-refractivity contribution in [2.45, 2.75) is 65.3 Å². The molecule has 0 radical (unpaired) electrons. The lowest BCUT2D eigenvalue weighted by Crippen LogP contribution is -2.35. The molecule has 1 aliphatic heterocycles. The number of carboxylic acids is 1. The van der Waals surface area contributed by atoms with Gasteiger partial charge in [0.2, 0.25) is 0 Å². The molecule has 1 aliphatic carbocycles. The third-order valence-electron chi connectivity index (χ3n) is 8.80. The smallest absolute Gasteiger partial charge is 0.416 e. The summed E-state index contributed by atoms with van der Waals surface area (Å²) in [7, 11) is 1.38. The molecule has 1 amide bonds. The molecule has 2 atom stereocenters. The second-order valence-corrected chi connectivity index (χ2v) is 12.8. The highest BCUT2D eigenvalue weighted by molar-refractivity contribution is 5.89. The second-order valence-electron chi connectivity index (χ2n) is 12.8. The normalized spacial score (nSPS) is 19.8. The van der Waals surface area contributed by atoms with Crippen LogP contribution in [0.2, 0.25) is 0 Å². The maximum Gasteiger partial charge on any atom is 0.416 e. The van der Waals surface area contributed by atoms with Crippen molar-refractivity contribution in [3.63, 3.8) is 0 Å². The number of halogens is 5. The van der Waals surface area contributed by atoms with Crippen LogP contribution in [0.1, 0.15) is 78.7 Å². The third kappa shape index (κ3) is 6.45. The van der Waals surface area contributed by atoms with Crippen LogP contribution >= 0.6 is 0 Å². The quantitative estimate of drug-likeness (QED) is 0.260. The molecule has 3 aromatic rings. The Morgan fingerprint density at radius 3 is 2.37 bits per heavy atom. The van der Waals surface area contributed by atoms with Crippen LogP contribution < -0.4 is 4.74 Å². The van der Waals surface area contributed by atoms with Crippen molar-refractivity contribution in [2.24, 2.45) is 5.41 Å². The van der Waals surface area contributed by atoms with Crippen LogP contribution in [0, 0.1) is 24.0 Å². The van der Waals surface area contributed by atoms with E-state index in [4.69, 9.17) is 9.47 Å². The maximum atomic E-state index is 15.4. The zero-order valence-corrected chi connectivity index (χ0v) is 26.0. The van der Waals surface area contributed by atoms with E-state index in [0.717, 1.165) is 41.8 Å². The zero-order chi connectivity index (χ0) is 33.7. The van der Waals surface area contributed by atoms with E-state index in [1.165, 1.54) is 30.2 Å². The number of cyclic esters (lactones) is 1. The average molecular weight is 644 g/mol. The van der Waals surface area contributed by atoms with E-state index in [9.17, 15) is 27.9 Å². The summed E-state index contributed by atoms with van der Waals surface area (Å²) in [4.78, 5) is 26.0. The topological polar surface area (TPSA) is 76.1 Å². The average Bonchev–Trinajstić information content (AvgIpc) is 3.24. The minimum atomic E-state index is -4.56. The first-order chi connectivity index (χ1) is 21.5. The lowest BCUT2D eigenvalue weighted by molar-refractivity contribution is -0.137. The monoisotopic (exact) mass is 643 g/mol. The van der Waals surface area contributed by atoms with E-state index in [0.29, 0.717) is 24.0 Å². The Hall–Kier alpha value is -4.41. The number of aromatic carboxylic acids is 1. The molecule has 1 fully saturated rings. The summed E-state index contributed by atoms with van der Waals surface area (Å²) >= 11 is 0. The summed E-state index contributed by atoms with van der Waals surface area (Å²) in [5.74, 6) is -2.79. The number of aryl methyl sites for hydroxylation is 1. The van der Waals surface area contributed by atoms with Crippen LogP contribution in [0.15, 0.2) is 54.1 Å². The van der Waals surface area contributed by atoms with Gasteiger partial charge in [-0.3, -0.25) is 4.90 Å². The van der Waals surface area contributed by atoms with Gasteiger partial charge in [-0.05, 0) is 85.6 Å². The molecule has 5 rings (SSSR count). The van der Waals surface area contributed by atoms with Crippen molar-refractivity contribution >= 4 is 17.6 Å². The first kappa shape index (κ1) is 33.0. The number of carbonyl (C=O) groups excluding carboxylic acids is 1. The van der Waals surface area contributed by atoms with Gasteiger partial charge < -0.3 is 14.6 Å². The van der Waals surface area contributed by atoms with E-state index in [-0.39, 0.29) is 40.0 Å². The van der Waals surface area contributed by atoms with Crippen LogP contribution in [0.25, 0.3) is 16.7 Å². The van der Waals surface area contributed by atoms with Gasteiger partial charge in [0.15, 0.2) is 0 Å². The van der Waals surface area contributed by atoms with Crippen LogP contribution in [-0.2, 0) is 10.9 Å². The Morgan fingerprint density at radius 2 is 1.74 bits per heavy atom. The number of allylic oxidation sites excluding steroid dienone is 1. The fraction of sp³-hybridized carbons (Fsp3) is 0.371. The number of rotatable bonds is 7. The highest BCUT2D eigenvalue weighted by Crippen LogP contribution is 2.47. The summed E-state index contributed by atoms with van der Waals surface area (Å²) in [6.07, 6.45) is -4.35. The van der Waals surface area contributed by atoms with E-state index < -0.39 is 47.6 Å². The van der Waals surface area contributed by atoms with Crippen LogP contribution in [0.4, 0.5) is 26.7 Å². The van der Waals surface area contributed by atoms with Crippen LogP contribution in [-0.4, -0.2) is 41.8 Å². The Kier molecular flexibility index (Phi) is 8.65. The molecular weight excluding hydrogens is 609 g/mol. The molecule has 46 heavy (non-hydrogen) atoms. The number of ether oxygens (including phenoxy) is 2. The molecule has 2 aliphatic rings. The van der Waals surface area contributed by atoms with Gasteiger partial charge in [-0.1, -0.05) is 31.5 Å². The number of hydrogen-bond acceptors (Lipinski definition) is 4. The standard InChI is InChI=1S/C35H34F5NO5/c1-18-10-21(12-23(11-18)35(38,39)40)31-19(2)41(33(44)46-31)17-22-16-34(3,4)9-8-24(22)27-14-26(29(37)15-30(27)45-5)25-7-6-20(32(42)43)13-28(25)36/h6-7,10-15,19,31H,8-9,16-17H2,1-5H3,(H,42,43)/t19-,31-/m0/s1. The summed E-state index contributed by atoms with van der Waals surface area (Å²) in [6, 6.07) is 8.88. The molecule has 11 heteroatoms. The highest BCUT2D eigenvalue weighted by Gasteiger charge is 2.42. The molecule has 0 bridgehead atoms. The van der Waals surface area contributed by atoms with Crippen molar-refractivity contribution in [2.75, 3.05) is 13.7 Å². The van der Waals surface area contributed by atoms with Gasteiger partial charge in [0.1, 0.15) is 23.5 Å². The second kappa shape index (κ2) is 12.1. The molecule has 3 aromatic carbocycles. The van der Waals surface area contributed by atoms with Crippen LogP contribution in [0.3, 0.4) is 0 Å². The molecule has 1 saturated heterocycles. The molecule has 0 saturated carbocycles. The van der Waals surface area contributed by atoms with E-state index >= 15 is 8.78 Å². The van der Waals surface area contributed by atoms with E-state index in [2.05, 4.69) is 13.8 Å². The van der Waals surface area contributed by atoms with Crippen molar-refractivity contribution in [3.8, 4) is 16.9 Å². The number of methoxy groups -OCH3 is 1.